The Morgan fingerprint density at radius 2 is 1.81 bits per heavy atom. The maximum Gasteiger partial charge on any atom is 0.305 e. The lowest BCUT2D eigenvalue weighted by atomic mass is 9.82. The zero-order chi connectivity index (χ0) is 25.7. The van der Waals surface area contributed by atoms with Crippen molar-refractivity contribution in [3.05, 3.63) is 76.8 Å². The molecule has 3 aromatic rings. The van der Waals surface area contributed by atoms with E-state index in [1.807, 2.05) is 19.9 Å². The summed E-state index contributed by atoms with van der Waals surface area (Å²) in [6, 6.07) is 13.6. The molecule has 0 spiro atoms. The number of benzene rings is 2. The minimum Gasteiger partial charge on any atom is -0.485 e. The molecular weight excluding hydrogens is 461 g/mol. The Morgan fingerprint density at radius 3 is 2.47 bits per heavy atom. The molecule has 0 saturated heterocycles. The lowest BCUT2D eigenvalue weighted by Gasteiger charge is -2.30. The number of carbonyl (C=O) groups excluding carboxylic acids is 1. The summed E-state index contributed by atoms with van der Waals surface area (Å²) in [7, 11) is 0. The summed E-state index contributed by atoms with van der Waals surface area (Å²) < 4.78 is 26.3. The summed E-state index contributed by atoms with van der Waals surface area (Å²) in [6.45, 7) is 3.87. The van der Waals surface area contributed by atoms with Crippen LogP contribution in [0.25, 0.3) is 11.3 Å². The first-order chi connectivity index (χ1) is 17.3. The van der Waals surface area contributed by atoms with Gasteiger partial charge in [-0.3, -0.25) is 9.59 Å². The minimum absolute atomic E-state index is 0.0752. The summed E-state index contributed by atoms with van der Waals surface area (Å²) in [5.41, 5.74) is 3.08. The summed E-state index contributed by atoms with van der Waals surface area (Å²) in [4.78, 5) is 22.9. The van der Waals surface area contributed by atoms with Crippen LogP contribution in [-0.4, -0.2) is 23.5 Å². The van der Waals surface area contributed by atoms with Crippen LogP contribution < -0.4 is 10.1 Å². The molecule has 4 rings (SSSR count). The lowest BCUT2D eigenvalue weighted by molar-refractivity contribution is -0.136. The van der Waals surface area contributed by atoms with Crippen LogP contribution in [0.4, 0.5) is 4.39 Å². The van der Waals surface area contributed by atoms with Crippen molar-refractivity contribution >= 4 is 11.9 Å². The number of aliphatic carboxylic acids is 1. The van der Waals surface area contributed by atoms with Gasteiger partial charge in [-0.2, -0.15) is 0 Å². The number of hydrogen-bond acceptors (Lipinski definition) is 4. The third-order valence-electron chi connectivity index (χ3n) is 6.80. The van der Waals surface area contributed by atoms with Crippen LogP contribution in [-0.2, 0) is 4.79 Å². The SMILES string of the molecule is Cc1cc(F)ccc1-c1cc(C(Oc2ccc(C(=O)NCCC(=O)O)cc2)C2CCCCC2)c(C)o1. The molecule has 7 heteroatoms. The average molecular weight is 494 g/mol. The van der Waals surface area contributed by atoms with Crippen LogP contribution in [0.15, 0.2) is 52.9 Å². The van der Waals surface area contributed by atoms with Gasteiger partial charge in [-0.25, -0.2) is 4.39 Å². The zero-order valence-corrected chi connectivity index (χ0v) is 20.7. The van der Waals surface area contributed by atoms with Crippen LogP contribution in [0.3, 0.4) is 0 Å². The Balaban J connectivity index is 1.56. The third-order valence-corrected chi connectivity index (χ3v) is 6.80. The topological polar surface area (TPSA) is 88.8 Å². The molecule has 0 radical (unpaired) electrons. The number of furan rings is 1. The van der Waals surface area contributed by atoms with Crippen molar-refractivity contribution in [2.45, 2.75) is 58.5 Å². The van der Waals surface area contributed by atoms with Crippen molar-refractivity contribution in [3.63, 3.8) is 0 Å². The normalized spacial score (nSPS) is 14.9. The first-order valence-electron chi connectivity index (χ1n) is 12.5. The second-order valence-corrected chi connectivity index (χ2v) is 9.44. The molecule has 1 atom stereocenters. The molecule has 1 fully saturated rings. The van der Waals surface area contributed by atoms with E-state index in [1.54, 1.807) is 30.3 Å². The van der Waals surface area contributed by atoms with Crippen LogP contribution in [0.1, 0.15) is 71.9 Å². The van der Waals surface area contributed by atoms with Crippen LogP contribution >= 0.6 is 0 Å². The number of hydrogen-bond donors (Lipinski definition) is 2. The van der Waals surface area contributed by atoms with E-state index in [0.29, 0.717) is 23.0 Å². The number of carboxylic acid groups (broad SMARTS) is 1. The van der Waals surface area contributed by atoms with Crippen molar-refractivity contribution in [3.8, 4) is 17.1 Å². The van der Waals surface area contributed by atoms with E-state index >= 15 is 0 Å². The second-order valence-electron chi connectivity index (χ2n) is 9.44. The fourth-order valence-electron chi connectivity index (χ4n) is 4.88. The van der Waals surface area contributed by atoms with E-state index in [-0.39, 0.29) is 30.8 Å². The Morgan fingerprint density at radius 1 is 1.08 bits per heavy atom. The first-order valence-corrected chi connectivity index (χ1v) is 12.5. The highest BCUT2D eigenvalue weighted by atomic mass is 19.1. The Kier molecular flexibility index (Phi) is 8.08. The molecule has 36 heavy (non-hydrogen) atoms. The van der Waals surface area contributed by atoms with E-state index in [4.69, 9.17) is 14.3 Å². The molecule has 1 aliphatic carbocycles. The number of ether oxygens (including phenoxy) is 1. The smallest absolute Gasteiger partial charge is 0.305 e. The minimum atomic E-state index is -0.958. The quantitative estimate of drug-likeness (QED) is 0.350. The molecule has 2 N–H and O–H groups in total. The van der Waals surface area contributed by atoms with Crippen molar-refractivity contribution in [2.75, 3.05) is 6.54 Å². The van der Waals surface area contributed by atoms with Gasteiger partial charge in [0.15, 0.2) is 0 Å². The Hall–Kier alpha value is -3.61. The van der Waals surface area contributed by atoms with Gasteiger partial charge in [0.25, 0.3) is 5.91 Å². The standard InChI is InChI=1S/C29H32FNO5/c1-18-16-22(30)10-13-24(18)26-17-25(19(2)35-26)28(20-6-4-3-5-7-20)36-23-11-8-21(9-12-23)29(34)31-15-14-27(32)33/h8-13,16-17,20,28H,3-7,14-15H2,1-2H3,(H,31,34)(H,32,33). The summed E-state index contributed by atoms with van der Waals surface area (Å²) in [6.07, 6.45) is 5.31. The predicted octanol–water partition coefficient (Wildman–Crippen LogP) is 6.61. The highest BCUT2D eigenvalue weighted by molar-refractivity contribution is 5.94. The first kappa shape index (κ1) is 25.5. The number of aryl methyl sites for hydroxylation is 2. The zero-order valence-electron chi connectivity index (χ0n) is 20.7. The fourth-order valence-corrected chi connectivity index (χ4v) is 4.88. The number of carbonyl (C=O) groups is 2. The molecule has 1 heterocycles. The molecule has 190 valence electrons. The van der Waals surface area contributed by atoms with E-state index in [0.717, 1.165) is 48.1 Å². The molecule has 1 aliphatic rings. The Bertz CT molecular complexity index is 1210. The van der Waals surface area contributed by atoms with Gasteiger partial charge in [-0.05, 0) is 80.8 Å². The highest BCUT2D eigenvalue weighted by Crippen LogP contribution is 2.41. The van der Waals surface area contributed by atoms with Gasteiger partial charge in [0.1, 0.15) is 29.2 Å². The van der Waals surface area contributed by atoms with Gasteiger partial charge in [0.05, 0.1) is 6.42 Å². The van der Waals surface area contributed by atoms with Gasteiger partial charge in [0.2, 0.25) is 0 Å². The van der Waals surface area contributed by atoms with E-state index in [2.05, 4.69) is 5.32 Å². The maximum absolute atomic E-state index is 13.6. The van der Waals surface area contributed by atoms with Crippen LogP contribution in [0, 0.1) is 25.6 Å². The molecule has 1 unspecified atom stereocenters. The van der Waals surface area contributed by atoms with Gasteiger partial charge < -0.3 is 19.6 Å². The monoisotopic (exact) mass is 493 g/mol. The van der Waals surface area contributed by atoms with Gasteiger partial charge in [-0.15, -0.1) is 0 Å². The second kappa shape index (κ2) is 11.4. The summed E-state index contributed by atoms with van der Waals surface area (Å²) in [5, 5.41) is 11.3. The number of carboxylic acids is 1. The molecule has 0 aliphatic heterocycles. The van der Waals surface area contributed by atoms with Crippen molar-refractivity contribution in [2.24, 2.45) is 5.92 Å². The number of nitrogens with one attached hydrogen (secondary N) is 1. The molecule has 2 aromatic carbocycles. The Labute approximate surface area is 210 Å². The molecule has 6 nitrogen and oxygen atoms in total. The van der Waals surface area contributed by atoms with Gasteiger partial charge in [-0.1, -0.05) is 19.3 Å². The van der Waals surface area contributed by atoms with Crippen LogP contribution in [0.5, 0.6) is 5.75 Å². The van der Waals surface area contributed by atoms with Crippen molar-refractivity contribution < 1.29 is 28.2 Å². The molecule has 1 saturated carbocycles. The van der Waals surface area contributed by atoms with E-state index in [1.165, 1.54) is 18.6 Å². The largest absolute Gasteiger partial charge is 0.485 e. The number of halogens is 1. The number of amides is 1. The van der Waals surface area contributed by atoms with E-state index < -0.39 is 5.97 Å². The average Bonchev–Trinajstić information content (AvgIpc) is 3.24. The van der Waals surface area contributed by atoms with E-state index in [9.17, 15) is 14.0 Å². The number of rotatable bonds is 9. The van der Waals surface area contributed by atoms with Gasteiger partial charge >= 0.3 is 5.97 Å². The lowest BCUT2D eigenvalue weighted by Crippen LogP contribution is -2.26. The van der Waals surface area contributed by atoms with Crippen LogP contribution in [0.2, 0.25) is 0 Å². The van der Waals surface area contributed by atoms with Crippen molar-refractivity contribution in [1.82, 2.24) is 5.32 Å². The van der Waals surface area contributed by atoms with Gasteiger partial charge in [0, 0.05) is 29.2 Å². The predicted molar refractivity (Wildman–Crippen MR) is 135 cm³/mol. The molecular formula is C29H32FNO5. The van der Waals surface area contributed by atoms with Crippen molar-refractivity contribution in [1.29, 1.82) is 0 Å². The summed E-state index contributed by atoms with van der Waals surface area (Å²) >= 11 is 0. The molecule has 0 bridgehead atoms. The highest BCUT2D eigenvalue weighted by Gasteiger charge is 2.30. The summed E-state index contributed by atoms with van der Waals surface area (Å²) in [5.74, 6) is 0.888. The molecule has 1 amide bonds. The third kappa shape index (κ3) is 6.14. The fraction of sp³-hybridized carbons (Fsp3) is 0.379. The molecule has 1 aromatic heterocycles. The maximum atomic E-state index is 13.6.